The predicted octanol–water partition coefficient (Wildman–Crippen LogP) is -0.175. The zero-order valence-electron chi connectivity index (χ0n) is 11.7. The van der Waals surface area contributed by atoms with Gasteiger partial charge < -0.3 is 24.8 Å². The Hall–Kier alpha value is -1.83. The summed E-state index contributed by atoms with van der Waals surface area (Å²) in [6.45, 7) is 0.597. The first kappa shape index (κ1) is 16.2. The van der Waals surface area contributed by atoms with Crippen molar-refractivity contribution in [3.63, 3.8) is 0 Å². The second-order valence-corrected chi connectivity index (χ2v) is 4.72. The molecule has 0 bridgehead atoms. The molecule has 0 aliphatic carbocycles. The Morgan fingerprint density at radius 3 is 2.65 bits per heavy atom. The summed E-state index contributed by atoms with van der Waals surface area (Å²) in [6, 6.07) is -0.497. The molecule has 2 N–H and O–H groups in total. The molecular weight excluding hydrogens is 268 g/mol. The number of urea groups is 1. The second kappa shape index (κ2) is 7.09. The Kier molecular flexibility index (Phi) is 5.75. The van der Waals surface area contributed by atoms with E-state index in [0.717, 1.165) is 0 Å². The summed E-state index contributed by atoms with van der Waals surface area (Å²) < 4.78 is 9.55. The van der Waals surface area contributed by atoms with E-state index in [4.69, 9.17) is 4.74 Å². The molecule has 20 heavy (non-hydrogen) atoms. The van der Waals surface area contributed by atoms with Crippen LogP contribution in [-0.2, 0) is 19.1 Å². The molecule has 0 radical (unpaired) electrons. The summed E-state index contributed by atoms with van der Waals surface area (Å²) in [5.41, 5.74) is -1.35. The van der Waals surface area contributed by atoms with Gasteiger partial charge in [-0.3, -0.25) is 4.79 Å². The first-order chi connectivity index (χ1) is 9.41. The van der Waals surface area contributed by atoms with E-state index < -0.39 is 17.5 Å². The van der Waals surface area contributed by atoms with Crippen LogP contribution in [0.4, 0.5) is 4.79 Å². The Bertz CT molecular complexity index is 378. The molecule has 2 amide bonds. The number of nitrogens with zero attached hydrogens (tertiary/aromatic N) is 1. The van der Waals surface area contributed by atoms with Crippen LogP contribution in [0, 0.1) is 0 Å². The van der Waals surface area contributed by atoms with Gasteiger partial charge in [0.25, 0.3) is 0 Å². The number of carbonyl (C=O) groups is 3. The lowest BCUT2D eigenvalue weighted by Gasteiger charge is -2.27. The summed E-state index contributed by atoms with van der Waals surface area (Å²) in [7, 11) is 2.84. The molecule has 8 nitrogen and oxygen atoms in total. The van der Waals surface area contributed by atoms with Gasteiger partial charge in [0.15, 0.2) is 5.54 Å². The van der Waals surface area contributed by atoms with Gasteiger partial charge in [-0.05, 0) is 6.42 Å². The average Bonchev–Trinajstić information content (AvgIpc) is 2.88. The van der Waals surface area contributed by atoms with Crippen molar-refractivity contribution in [2.24, 2.45) is 0 Å². The molecule has 0 spiro atoms. The lowest BCUT2D eigenvalue weighted by molar-refractivity contribution is -0.144. The number of methoxy groups -OCH3 is 1. The minimum absolute atomic E-state index is 0.0376. The molecule has 1 unspecified atom stereocenters. The SMILES string of the molecule is COC(=O)CCCN(C)C(=O)NC1(C(=O)O)CCOC1. The predicted molar refractivity (Wildman–Crippen MR) is 68.2 cm³/mol. The largest absolute Gasteiger partial charge is 0.479 e. The maximum Gasteiger partial charge on any atom is 0.332 e. The van der Waals surface area contributed by atoms with Crippen molar-refractivity contribution in [1.82, 2.24) is 10.2 Å². The monoisotopic (exact) mass is 288 g/mol. The van der Waals surface area contributed by atoms with Gasteiger partial charge >= 0.3 is 18.0 Å². The van der Waals surface area contributed by atoms with E-state index in [1.165, 1.54) is 19.1 Å². The van der Waals surface area contributed by atoms with E-state index in [1.54, 1.807) is 0 Å². The van der Waals surface area contributed by atoms with Gasteiger partial charge in [0.2, 0.25) is 0 Å². The van der Waals surface area contributed by atoms with E-state index in [0.29, 0.717) is 19.6 Å². The molecule has 1 fully saturated rings. The van der Waals surface area contributed by atoms with Crippen LogP contribution in [0.25, 0.3) is 0 Å². The number of hydrogen-bond donors (Lipinski definition) is 2. The number of hydrogen-bond acceptors (Lipinski definition) is 5. The van der Waals surface area contributed by atoms with Crippen LogP contribution in [-0.4, -0.2) is 67.4 Å². The molecule has 114 valence electrons. The van der Waals surface area contributed by atoms with E-state index in [1.807, 2.05) is 0 Å². The van der Waals surface area contributed by atoms with Crippen molar-refractivity contribution < 1.29 is 29.0 Å². The number of rotatable bonds is 6. The fourth-order valence-corrected chi connectivity index (χ4v) is 1.85. The zero-order valence-corrected chi connectivity index (χ0v) is 11.7. The Balaban J connectivity index is 2.44. The van der Waals surface area contributed by atoms with E-state index in [9.17, 15) is 19.5 Å². The third kappa shape index (κ3) is 4.09. The molecule has 1 saturated heterocycles. The van der Waals surface area contributed by atoms with Crippen molar-refractivity contribution in [1.29, 1.82) is 0 Å². The number of amides is 2. The number of ether oxygens (including phenoxy) is 2. The van der Waals surface area contributed by atoms with Crippen molar-refractivity contribution >= 4 is 18.0 Å². The molecule has 0 aromatic rings. The van der Waals surface area contributed by atoms with E-state index in [2.05, 4.69) is 10.1 Å². The van der Waals surface area contributed by atoms with Crippen LogP contribution in [0.3, 0.4) is 0 Å². The van der Waals surface area contributed by atoms with Gasteiger partial charge in [-0.1, -0.05) is 0 Å². The van der Waals surface area contributed by atoms with Crippen LogP contribution >= 0.6 is 0 Å². The van der Waals surface area contributed by atoms with Crippen LogP contribution < -0.4 is 5.32 Å². The Labute approximate surface area is 117 Å². The third-order valence-electron chi connectivity index (χ3n) is 3.23. The zero-order chi connectivity index (χ0) is 15.2. The first-order valence-corrected chi connectivity index (χ1v) is 6.32. The highest BCUT2D eigenvalue weighted by atomic mass is 16.5. The van der Waals surface area contributed by atoms with Crippen molar-refractivity contribution in [3.05, 3.63) is 0 Å². The first-order valence-electron chi connectivity index (χ1n) is 6.32. The maximum absolute atomic E-state index is 11.9. The quantitative estimate of drug-likeness (QED) is 0.657. The van der Waals surface area contributed by atoms with Gasteiger partial charge in [0.05, 0.1) is 13.7 Å². The lowest BCUT2D eigenvalue weighted by Crippen LogP contribution is -2.58. The Morgan fingerprint density at radius 2 is 2.15 bits per heavy atom. The number of carboxylic acids is 1. The van der Waals surface area contributed by atoms with Crippen molar-refractivity contribution in [3.8, 4) is 0 Å². The molecule has 1 aliphatic rings. The van der Waals surface area contributed by atoms with Crippen molar-refractivity contribution in [2.45, 2.75) is 24.8 Å². The fraction of sp³-hybridized carbons (Fsp3) is 0.750. The molecule has 0 aromatic heterocycles. The Morgan fingerprint density at radius 1 is 1.45 bits per heavy atom. The molecule has 1 atom stereocenters. The van der Waals surface area contributed by atoms with Gasteiger partial charge in [0.1, 0.15) is 0 Å². The summed E-state index contributed by atoms with van der Waals surface area (Å²) in [4.78, 5) is 35.5. The summed E-state index contributed by atoms with van der Waals surface area (Å²) in [6.07, 6.45) is 0.901. The van der Waals surface area contributed by atoms with Crippen LogP contribution in [0.1, 0.15) is 19.3 Å². The number of carboxylic acid groups (broad SMARTS) is 1. The van der Waals surface area contributed by atoms with E-state index >= 15 is 0 Å². The number of nitrogens with one attached hydrogen (secondary N) is 1. The highest BCUT2D eigenvalue weighted by Gasteiger charge is 2.44. The van der Waals surface area contributed by atoms with Crippen LogP contribution in [0.5, 0.6) is 0 Å². The maximum atomic E-state index is 11.9. The number of carbonyl (C=O) groups excluding carboxylic acids is 2. The highest BCUT2D eigenvalue weighted by Crippen LogP contribution is 2.19. The molecule has 1 rings (SSSR count). The lowest BCUT2D eigenvalue weighted by atomic mass is 9.99. The molecule has 8 heteroatoms. The minimum atomic E-state index is -1.35. The molecular formula is C12H20N2O6. The third-order valence-corrected chi connectivity index (χ3v) is 3.23. The van der Waals surface area contributed by atoms with Crippen molar-refractivity contribution in [2.75, 3.05) is 33.9 Å². The standard InChI is InChI=1S/C12H20N2O6/c1-14(6-3-4-9(15)19-2)11(18)13-12(10(16)17)5-7-20-8-12/h3-8H2,1-2H3,(H,13,18)(H,16,17). The van der Waals surface area contributed by atoms with Crippen LogP contribution in [0.15, 0.2) is 0 Å². The number of esters is 1. The van der Waals surface area contributed by atoms with Gasteiger partial charge in [-0.2, -0.15) is 0 Å². The smallest absolute Gasteiger partial charge is 0.332 e. The van der Waals surface area contributed by atoms with Crippen LogP contribution in [0.2, 0.25) is 0 Å². The second-order valence-electron chi connectivity index (χ2n) is 4.72. The van der Waals surface area contributed by atoms with Gasteiger partial charge in [-0.25, -0.2) is 9.59 Å². The molecule has 0 saturated carbocycles. The van der Waals surface area contributed by atoms with Gasteiger partial charge in [-0.15, -0.1) is 0 Å². The molecule has 1 heterocycles. The summed E-state index contributed by atoms with van der Waals surface area (Å²) in [5, 5.41) is 11.7. The normalized spacial score (nSPS) is 21.3. The highest BCUT2D eigenvalue weighted by molar-refractivity contribution is 5.86. The van der Waals surface area contributed by atoms with E-state index in [-0.39, 0.29) is 25.4 Å². The topological polar surface area (TPSA) is 105 Å². The fourth-order valence-electron chi connectivity index (χ4n) is 1.85. The number of aliphatic carboxylic acids is 1. The average molecular weight is 288 g/mol. The molecule has 0 aromatic carbocycles. The summed E-state index contributed by atoms with van der Waals surface area (Å²) in [5.74, 6) is -1.45. The van der Waals surface area contributed by atoms with Gasteiger partial charge in [0, 0.05) is 33.0 Å². The summed E-state index contributed by atoms with van der Waals surface area (Å²) >= 11 is 0. The minimum Gasteiger partial charge on any atom is -0.479 e. The molecule has 1 aliphatic heterocycles.